The van der Waals surface area contributed by atoms with Gasteiger partial charge in [0.2, 0.25) is 12.0 Å². The number of fused-ring (bicyclic) bond motifs is 1. The Morgan fingerprint density at radius 2 is 2.04 bits per heavy atom. The van der Waals surface area contributed by atoms with E-state index in [1.807, 2.05) is 6.92 Å². The Kier molecular flexibility index (Phi) is 5.93. The molecule has 4 amide bonds. The number of carbonyl (C=O) groups is 4. The largest absolute Gasteiger partial charge is 0.446 e. The number of hydrogen-bond donors (Lipinski definition) is 2. The maximum Gasteiger partial charge on any atom is 0.330 e. The first-order valence-corrected chi connectivity index (χ1v) is 10.1. The summed E-state index contributed by atoms with van der Waals surface area (Å²) in [4.78, 5) is 50.6. The Morgan fingerprint density at radius 1 is 1.32 bits per heavy atom. The first-order chi connectivity index (χ1) is 13.4. The van der Waals surface area contributed by atoms with Gasteiger partial charge in [0, 0.05) is 24.3 Å². The number of urea groups is 1. The summed E-state index contributed by atoms with van der Waals surface area (Å²) in [6.07, 6.45) is -0.210. The van der Waals surface area contributed by atoms with Crippen molar-refractivity contribution < 1.29 is 23.9 Å². The normalized spacial score (nSPS) is 24.4. The van der Waals surface area contributed by atoms with Gasteiger partial charge >= 0.3 is 12.0 Å². The van der Waals surface area contributed by atoms with Crippen molar-refractivity contribution in [3.05, 3.63) is 35.9 Å². The van der Waals surface area contributed by atoms with E-state index >= 15 is 0 Å². The van der Waals surface area contributed by atoms with Crippen molar-refractivity contribution in [3.8, 4) is 0 Å². The van der Waals surface area contributed by atoms with Gasteiger partial charge in [-0.3, -0.25) is 14.9 Å². The zero-order valence-electron chi connectivity index (χ0n) is 15.8. The van der Waals surface area contributed by atoms with E-state index in [-0.39, 0.29) is 5.91 Å². The van der Waals surface area contributed by atoms with E-state index in [2.05, 4.69) is 10.6 Å². The highest BCUT2D eigenvalue weighted by Crippen LogP contribution is 2.47. The predicted molar refractivity (Wildman–Crippen MR) is 103 cm³/mol. The molecule has 0 spiro atoms. The molecule has 2 fully saturated rings. The van der Waals surface area contributed by atoms with E-state index < -0.39 is 34.9 Å². The minimum absolute atomic E-state index is 0.0857. The molecule has 1 aromatic carbocycles. The Morgan fingerprint density at radius 3 is 2.71 bits per heavy atom. The summed E-state index contributed by atoms with van der Waals surface area (Å²) in [7, 11) is 0. The van der Waals surface area contributed by atoms with Crippen LogP contribution in [0.3, 0.4) is 0 Å². The summed E-state index contributed by atoms with van der Waals surface area (Å²) in [5.41, 5.74) is 0.443. The molecule has 1 aromatic rings. The Labute approximate surface area is 167 Å². The van der Waals surface area contributed by atoms with Gasteiger partial charge < -0.3 is 15.0 Å². The van der Waals surface area contributed by atoms with Gasteiger partial charge in [-0.25, -0.2) is 9.59 Å². The second kappa shape index (κ2) is 8.22. The molecule has 0 saturated carbocycles. The summed E-state index contributed by atoms with van der Waals surface area (Å²) in [6, 6.07) is 7.07. The van der Waals surface area contributed by atoms with Gasteiger partial charge in [0.25, 0.3) is 5.91 Å². The first kappa shape index (κ1) is 20.2. The molecule has 3 rings (SSSR count). The number of nitrogens with one attached hydrogen (secondary N) is 2. The molecule has 2 aliphatic heterocycles. The first-order valence-electron chi connectivity index (χ1n) is 9.16. The van der Waals surface area contributed by atoms with Gasteiger partial charge in [-0.05, 0) is 20.3 Å². The van der Waals surface area contributed by atoms with Crippen LogP contribution in [0.15, 0.2) is 30.3 Å². The van der Waals surface area contributed by atoms with Crippen LogP contribution in [0.25, 0.3) is 0 Å². The maximum absolute atomic E-state index is 12.9. The van der Waals surface area contributed by atoms with E-state index in [1.165, 1.54) is 0 Å². The summed E-state index contributed by atoms with van der Waals surface area (Å²) in [6.45, 7) is 4.01. The van der Waals surface area contributed by atoms with Crippen LogP contribution >= 0.6 is 11.8 Å². The summed E-state index contributed by atoms with van der Waals surface area (Å²) >= 11 is 1.54. The van der Waals surface area contributed by atoms with Crippen LogP contribution in [0.4, 0.5) is 4.79 Å². The monoisotopic (exact) mass is 405 g/mol. The SMILES string of the molecule is CCNC(=O)NC(=O)[C@H](OC(=O)[C@@H]1CS[C@@]2(C)CCC(=O)N12)c1ccccc1. The van der Waals surface area contributed by atoms with Crippen LogP contribution in [-0.2, 0) is 19.1 Å². The Bertz CT molecular complexity index is 787. The summed E-state index contributed by atoms with van der Waals surface area (Å²) in [5, 5.41) is 4.65. The summed E-state index contributed by atoms with van der Waals surface area (Å²) < 4.78 is 5.52. The van der Waals surface area contributed by atoms with Crippen molar-refractivity contribution in [1.82, 2.24) is 15.5 Å². The molecule has 0 aromatic heterocycles. The maximum atomic E-state index is 12.9. The molecular formula is C19H23N3O5S. The molecular weight excluding hydrogens is 382 g/mol. The third-order valence-electron chi connectivity index (χ3n) is 4.87. The predicted octanol–water partition coefficient (Wildman–Crippen LogP) is 1.57. The van der Waals surface area contributed by atoms with Gasteiger partial charge in [0.05, 0.1) is 4.87 Å². The third-order valence-corrected chi connectivity index (χ3v) is 6.37. The average Bonchev–Trinajstić information content (AvgIpc) is 3.16. The Balaban J connectivity index is 1.78. The lowest BCUT2D eigenvalue weighted by Crippen LogP contribution is -2.48. The van der Waals surface area contributed by atoms with Crippen molar-refractivity contribution in [2.75, 3.05) is 12.3 Å². The lowest BCUT2D eigenvalue weighted by Gasteiger charge is -2.30. The average molecular weight is 405 g/mol. The van der Waals surface area contributed by atoms with Crippen molar-refractivity contribution >= 4 is 35.6 Å². The topological polar surface area (TPSA) is 105 Å². The standard InChI is InChI=1S/C19H23N3O5S/c1-3-20-18(26)21-16(24)15(12-7-5-4-6-8-12)27-17(25)13-11-28-19(2)10-9-14(23)22(13)19/h4-8,13,15H,3,9-11H2,1-2H3,(H2,20,21,24,26)/t13-,15+,19-/m0/s1. The van der Waals surface area contributed by atoms with Gasteiger partial charge in [-0.2, -0.15) is 0 Å². The van der Waals surface area contributed by atoms with Crippen molar-refractivity contribution in [2.24, 2.45) is 0 Å². The molecule has 9 heteroatoms. The second-order valence-electron chi connectivity index (χ2n) is 6.84. The minimum Gasteiger partial charge on any atom is -0.446 e. The van der Waals surface area contributed by atoms with Crippen LogP contribution in [-0.4, -0.2) is 51.9 Å². The number of nitrogens with zero attached hydrogens (tertiary/aromatic N) is 1. The zero-order valence-corrected chi connectivity index (χ0v) is 16.6. The van der Waals surface area contributed by atoms with Crippen LogP contribution < -0.4 is 10.6 Å². The molecule has 2 heterocycles. The zero-order chi connectivity index (χ0) is 20.3. The van der Waals surface area contributed by atoms with Gasteiger partial charge in [0.15, 0.2) is 0 Å². The molecule has 0 radical (unpaired) electrons. The number of amides is 4. The molecule has 8 nitrogen and oxygen atoms in total. The third kappa shape index (κ3) is 3.99. The number of imide groups is 1. The number of esters is 1. The molecule has 150 valence electrons. The number of rotatable bonds is 5. The Hall–Kier alpha value is -2.55. The number of thioether (sulfide) groups is 1. The van der Waals surface area contributed by atoms with Gasteiger partial charge in [-0.15, -0.1) is 11.8 Å². The van der Waals surface area contributed by atoms with Crippen LogP contribution in [0.2, 0.25) is 0 Å². The van der Waals surface area contributed by atoms with E-state index in [1.54, 1.807) is 53.9 Å². The molecule has 28 heavy (non-hydrogen) atoms. The lowest BCUT2D eigenvalue weighted by atomic mass is 10.1. The molecule has 2 aliphatic rings. The molecule has 0 bridgehead atoms. The highest BCUT2D eigenvalue weighted by atomic mass is 32.2. The highest BCUT2D eigenvalue weighted by Gasteiger charge is 2.54. The summed E-state index contributed by atoms with van der Waals surface area (Å²) in [5.74, 6) is -1.06. The van der Waals surface area contributed by atoms with Crippen LogP contribution in [0, 0.1) is 0 Å². The van der Waals surface area contributed by atoms with E-state index in [0.29, 0.717) is 30.7 Å². The van der Waals surface area contributed by atoms with Crippen molar-refractivity contribution in [1.29, 1.82) is 0 Å². The fourth-order valence-corrected chi connectivity index (χ4v) is 4.89. The molecule has 2 N–H and O–H groups in total. The fourth-order valence-electron chi connectivity index (χ4n) is 3.47. The number of ether oxygens (including phenoxy) is 1. The fraction of sp³-hybridized carbons (Fsp3) is 0.474. The van der Waals surface area contributed by atoms with Crippen molar-refractivity contribution in [2.45, 2.75) is 43.7 Å². The van der Waals surface area contributed by atoms with E-state index in [9.17, 15) is 19.2 Å². The quantitative estimate of drug-likeness (QED) is 0.721. The van der Waals surface area contributed by atoms with E-state index in [4.69, 9.17) is 4.74 Å². The van der Waals surface area contributed by atoms with E-state index in [0.717, 1.165) is 0 Å². The lowest BCUT2D eigenvalue weighted by molar-refractivity contribution is -0.162. The van der Waals surface area contributed by atoms with Crippen LogP contribution in [0.5, 0.6) is 0 Å². The molecule has 0 aliphatic carbocycles. The van der Waals surface area contributed by atoms with Crippen LogP contribution in [0.1, 0.15) is 38.4 Å². The van der Waals surface area contributed by atoms with Gasteiger partial charge in [-0.1, -0.05) is 30.3 Å². The number of hydrogen-bond acceptors (Lipinski definition) is 6. The number of benzene rings is 1. The van der Waals surface area contributed by atoms with Gasteiger partial charge in [0.1, 0.15) is 6.04 Å². The molecule has 2 saturated heterocycles. The molecule has 3 atom stereocenters. The molecule has 0 unspecified atom stereocenters. The minimum atomic E-state index is -1.29. The number of carbonyl (C=O) groups excluding carboxylic acids is 4. The second-order valence-corrected chi connectivity index (χ2v) is 8.34. The van der Waals surface area contributed by atoms with Crippen molar-refractivity contribution in [3.63, 3.8) is 0 Å². The smallest absolute Gasteiger partial charge is 0.330 e. The highest BCUT2D eigenvalue weighted by molar-refractivity contribution is 8.01.